The Balaban J connectivity index is 1.18. The summed E-state index contributed by atoms with van der Waals surface area (Å²) < 4.78 is 75.3. The number of aromatic nitrogens is 1. The number of nitrogens with zero attached hydrogens (tertiary/aromatic N) is 2. The minimum absolute atomic E-state index is 0.0109. The van der Waals surface area contributed by atoms with Gasteiger partial charge in [-0.15, -0.1) is 0 Å². The first-order valence-electron chi connectivity index (χ1n) is 17.8. The van der Waals surface area contributed by atoms with Gasteiger partial charge in [-0.3, -0.25) is 19.1 Å². The number of para-hydroxylation sites is 1. The van der Waals surface area contributed by atoms with E-state index in [2.05, 4.69) is 20.3 Å². The highest BCUT2D eigenvalue weighted by molar-refractivity contribution is 7.91. The zero-order valence-electron chi connectivity index (χ0n) is 28.7. The molecule has 3 amide bonds. The molecule has 3 N–H and O–H groups in total. The molecule has 11 nitrogen and oxygen atoms in total. The van der Waals surface area contributed by atoms with Crippen LogP contribution in [0.5, 0.6) is 5.19 Å². The first kappa shape index (κ1) is 36.4. The molecule has 0 spiro atoms. The van der Waals surface area contributed by atoms with E-state index in [1.54, 1.807) is 6.92 Å². The summed E-state index contributed by atoms with van der Waals surface area (Å²) in [6.45, 7) is 1.57. The van der Waals surface area contributed by atoms with Crippen molar-refractivity contribution in [2.24, 2.45) is 5.92 Å². The number of amides is 3. The fourth-order valence-electron chi connectivity index (χ4n) is 7.38. The first-order chi connectivity index (χ1) is 24.7. The number of benzene rings is 2. The van der Waals surface area contributed by atoms with Gasteiger partial charge in [0.1, 0.15) is 23.7 Å². The Hall–Kier alpha value is -3.92. The van der Waals surface area contributed by atoms with Crippen LogP contribution in [0.3, 0.4) is 0 Å². The van der Waals surface area contributed by atoms with Gasteiger partial charge in [0.2, 0.25) is 21.8 Å². The summed E-state index contributed by atoms with van der Waals surface area (Å²) in [5, 5.41) is 6.28. The average molecular weight is 762 g/mol. The van der Waals surface area contributed by atoms with Crippen LogP contribution in [0, 0.1) is 5.92 Å². The van der Waals surface area contributed by atoms with E-state index < -0.39 is 68.0 Å². The Kier molecular flexibility index (Phi) is 9.68. The van der Waals surface area contributed by atoms with Gasteiger partial charge < -0.3 is 20.3 Å². The van der Waals surface area contributed by atoms with Gasteiger partial charge in [-0.25, -0.2) is 13.4 Å². The standard InChI is InChI=1S/C36H42F3N5O6S2/c1-34(16-17-34)52(48,49)43-32(47)35-20-23(35)10-5-3-2-4-6-14-27(40-24-12-9-11-22(18-24)36(37,38)39)31(46)44-21-25(19-28(44)30(45)42-35)50-33-41-26-13-7-8-15-29(26)51-33/h7-9,11-13,15,18,23,25,27-28,40H,2-6,10,14,16-17,19-21H2,1H3,(H,42,45)(H,43,47)/t23-,25-,27+,28+,35-/m1/s1. The summed E-state index contributed by atoms with van der Waals surface area (Å²) in [7, 11) is -3.98. The topological polar surface area (TPSA) is 147 Å². The molecule has 0 unspecified atom stereocenters. The van der Waals surface area contributed by atoms with E-state index in [9.17, 15) is 36.0 Å². The number of fused-ring (bicyclic) bond motifs is 3. The Labute approximate surface area is 304 Å². The second kappa shape index (κ2) is 13.8. The lowest BCUT2D eigenvalue weighted by Gasteiger charge is -2.30. The van der Waals surface area contributed by atoms with Crippen LogP contribution in [0.1, 0.15) is 83.1 Å². The summed E-state index contributed by atoms with van der Waals surface area (Å²) in [5.74, 6) is -2.16. The van der Waals surface area contributed by atoms with Crippen LogP contribution in [0.25, 0.3) is 10.2 Å². The van der Waals surface area contributed by atoms with Crippen molar-refractivity contribution >= 4 is 55.0 Å². The van der Waals surface area contributed by atoms with Crippen molar-refractivity contribution < 1.29 is 40.7 Å². The number of carbonyl (C=O) groups is 3. The minimum Gasteiger partial charge on any atom is -0.465 e. The van der Waals surface area contributed by atoms with Gasteiger partial charge in [0.25, 0.3) is 11.1 Å². The molecule has 3 aromatic rings. The highest BCUT2D eigenvalue weighted by atomic mass is 32.2. The molecule has 52 heavy (non-hydrogen) atoms. The van der Waals surface area contributed by atoms with Crippen molar-refractivity contribution in [2.45, 2.75) is 112 Å². The molecule has 2 saturated heterocycles. The molecule has 3 heterocycles. The third-order valence-corrected chi connectivity index (χ3v) is 14.0. The van der Waals surface area contributed by atoms with Crippen LogP contribution >= 0.6 is 11.3 Å². The average Bonchev–Trinajstić information content (AvgIpc) is 3.90. The number of carbonyl (C=O) groups excluding carboxylic acids is 3. The van der Waals surface area contributed by atoms with Crippen molar-refractivity contribution in [1.82, 2.24) is 19.9 Å². The van der Waals surface area contributed by atoms with Gasteiger partial charge in [-0.1, -0.05) is 61.6 Å². The number of anilines is 1. The fourth-order valence-corrected chi connectivity index (χ4v) is 9.58. The number of hydrogen-bond donors (Lipinski definition) is 3. The molecule has 16 heteroatoms. The maximum absolute atomic E-state index is 14.5. The minimum atomic E-state index is -4.58. The third-order valence-electron chi connectivity index (χ3n) is 11.0. The second-order valence-electron chi connectivity index (χ2n) is 14.8. The number of halogens is 3. The molecule has 280 valence electrons. The van der Waals surface area contributed by atoms with E-state index in [1.165, 1.54) is 28.4 Å². The molecule has 4 fully saturated rings. The highest BCUT2D eigenvalue weighted by Gasteiger charge is 2.63. The predicted molar refractivity (Wildman–Crippen MR) is 189 cm³/mol. The molecular formula is C36H42F3N5O6S2. The van der Waals surface area contributed by atoms with Gasteiger partial charge in [0.15, 0.2) is 0 Å². The molecule has 5 atom stereocenters. The summed E-state index contributed by atoms with van der Waals surface area (Å²) >= 11 is 1.32. The lowest BCUT2D eigenvalue weighted by molar-refractivity contribution is -0.140. The smallest absolute Gasteiger partial charge is 0.416 e. The molecule has 2 aliphatic carbocycles. The SMILES string of the molecule is CC1(S(=O)(=O)NC(=O)[C@@]23C[C@H]2CCCCCCC[C@H](Nc2cccc(C(F)(F)F)c2)C(=O)N2C[C@H](Oc4nc5ccccc5s4)C[C@H]2C(=O)N3)CC1. The van der Waals surface area contributed by atoms with Crippen LogP contribution in [-0.2, 0) is 30.6 Å². The van der Waals surface area contributed by atoms with Crippen LogP contribution in [0.15, 0.2) is 48.5 Å². The van der Waals surface area contributed by atoms with Crippen LogP contribution < -0.4 is 20.1 Å². The Morgan fingerprint density at radius 1 is 1.04 bits per heavy atom. The number of alkyl halides is 3. The number of hydrogen-bond acceptors (Lipinski definition) is 9. The summed E-state index contributed by atoms with van der Waals surface area (Å²) in [6.07, 6.45) is 0.690. The van der Waals surface area contributed by atoms with Gasteiger partial charge in [-0.05, 0) is 75.3 Å². The largest absolute Gasteiger partial charge is 0.465 e. The first-order valence-corrected chi connectivity index (χ1v) is 20.1. The Morgan fingerprint density at radius 2 is 1.77 bits per heavy atom. The number of nitrogens with one attached hydrogen (secondary N) is 3. The van der Waals surface area contributed by atoms with E-state index in [4.69, 9.17) is 4.74 Å². The summed E-state index contributed by atoms with van der Waals surface area (Å²) in [6, 6.07) is 10.1. The number of sulfonamides is 1. The van der Waals surface area contributed by atoms with E-state index in [0.717, 1.165) is 48.0 Å². The maximum Gasteiger partial charge on any atom is 0.416 e. The summed E-state index contributed by atoms with van der Waals surface area (Å²) in [4.78, 5) is 48.5. The zero-order chi connectivity index (χ0) is 36.9. The predicted octanol–water partition coefficient (Wildman–Crippen LogP) is 5.76. The van der Waals surface area contributed by atoms with Gasteiger partial charge in [0, 0.05) is 12.1 Å². The van der Waals surface area contributed by atoms with E-state index in [0.29, 0.717) is 37.3 Å². The van der Waals surface area contributed by atoms with E-state index in [-0.39, 0.29) is 31.0 Å². The van der Waals surface area contributed by atoms with Crippen molar-refractivity contribution in [3.05, 3.63) is 54.1 Å². The maximum atomic E-state index is 14.5. The molecule has 7 rings (SSSR count). The highest BCUT2D eigenvalue weighted by Crippen LogP contribution is 2.49. The Morgan fingerprint density at radius 3 is 2.50 bits per heavy atom. The fraction of sp³-hybridized carbons (Fsp3) is 0.556. The second-order valence-corrected chi connectivity index (χ2v) is 18.0. The normalized spacial score (nSPS) is 28.1. The van der Waals surface area contributed by atoms with E-state index in [1.807, 2.05) is 24.3 Å². The van der Waals surface area contributed by atoms with Crippen LogP contribution in [0.4, 0.5) is 18.9 Å². The molecule has 4 aliphatic rings. The third kappa shape index (κ3) is 7.45. The van der Waals surface area contributed by atoms with E-state index >= 15 is 0 Å². The number of ether oxygens (including phenoxy) is 1. The molecule has 2 aromatic carbocycles. The van der Waals surface area contributed by atoms with Crippen molar-refractivity contribution in [1.29, 1.82) is 0 Å². The molecule has 2 aliphatic heterocycles. The zero-order valence-corrected chi connectivity index (χ0v) is 30.3. The van der Waals surface area contributed by atoms with Crippen molar-refractivity contribution in [3.63, 3.8) is 0 Å². The lowest BCUT2D eigenvalue weighted by atomic mass is 10.0. The monoisotopic (exact) mass is 761 g/mol. The Bertz CT molecular complexity index is 1940. The lowest BCUT2D eigenvalue weighted by Crippen LogP contribution is -2.58. The molecule has 2 saturated carbocycles. The van der Waals surface area contributed by atoms with Crippen molar-refractivity contribution in [2.75, 3.05) is 11.9 Å². The van der Waals surface area contributed by atoms with Gasteiger partial charge in [-0.2, -0.15) is 13.2 Å². The molecule has 0 radical (unpaired) electrons. The molecular weight excluding hydrogens is 720 g/mol. The van der Waals surface area contributed by atoms with Crippen molar-refractivity contribution in [3.8, 4) is 5.19 Å². The summed E-state index contributed by atoms with van der Waals surface area (Å²) in [5.41, 5.74) is -1.45. The van der Waals surface area contributed by atoms with Crippen LogP contribution in [0.2, 0.25) is 0 Å². The van der Waals surface area contributed by atoms with Gasteiger partial charge in [0.05, 0.1) is 27.1 Å². The van der Waals surface area contributed by atoms with Gasteiger partial charge >= 0.3 is 6.18 Å². The number of rotatable bonds is 7. The molecule has 1 aromatic heterocycles. The molecule has 0 bridgehead atoms. The van der Waals surface area contributed by atoms with Crippen LogP contribution in [-0.4, -0.2) is 71.0 Å². The quantitative estimate of drug-likeness (QED) is 0.276. The number of thiazole rings is 1.